The van der Waals surface area contributed by atoms with Crippen molar-refractivity contribution in [2.75, 3.05) is 5.32 Å². The number of thiazole rings is 1. The summed E-state index contributed by atoms with van der Waals surface area (Å²) in [6.07, 6.45) is 0. The second-order valence-electron chi connectivity index (χ2n) is 5.87. The van der Waals surface area contributed by atoms with Gasteiger partial charge in [-0.3, -0.25) is 10.1 Å². The lowest BCUT2D eigenvalue weighted by Crippen LogP contribution is -2.11. The number of benzene rings is 1. The Balaban J connectivity index is 1.29. The van der Waals surface area contributed by atoms with Crippen molar-refractivity contribution in [3.8, 4) is 0 Å². The van der Waals surface area contributed by atoms with Crippen LogP contribution in [0.4, 0.5) is 5.13 Å². The molecule has 0 atom stereocenters. The van der Waals surface area contributed by atoms with Gasteiger partial charge in [0.2, 0.25) is 5.13 Å². The van der Waals surface area contributed by atoms with Gasteiger partial charge < -0.3 is 0 Å². The van der Waals surface area contributed by atoms with Crippen LogP contribution >= 0.6 is 57.5 Å². The molecule has 148 valence electrons. The fourth-order valence-electron chi connectivity index (χ4n) is 2.35. The lowest BCUT2D eigenvalue weighted by molar-refractivity contribution is 0.102. The summed E-state index contributed by atoms with van der Waals surface area (Å²) in [5.41, 5.74) is 1.69. The van der Waals surface area contributed by atoms with Crippen LogP contribution in [0.1, 0.15) is 25.9 Å². The molecule has 1 amide bonds. The van der Waals surface area contributed by atoms with E-state index in [2.05, 4.69) is 37.3 Å². The van der Waals surface area contributed by atoms with Crippen LogP contribution in [0.25, 0.3) is 0 Å². The molecule has 4 aromatic rings. The van der Waals surface area contributed by atoms with Crippen molar-refractivity contribution in [2.24, 2.45) is 0 Å². The van der Waals surface area contributed by atoms with E-state index in [-0.39, 0.29) is 5.91 Å². The van der Waals surface area contributed by atoms with Crippen LogP contribution in [0.2, 0.25) is 0 Å². The van der Waals surface area contributed by atoms with Crippen molar-refractivity contribution in [3.05, 3.63) is 68.3 Å². The Labute approximate surface area is 189 Å². The molecule has 0 aliphatic carbocycles. The molecule has 4 rings (SSSR count). The standard InChI is InChI=1S/C19H16N4OS5/c1-12-20-14(9-26-12)10-27-15-6-4-13(5-7-15)17(24)21-18-22-23-19(29-18)28-11-16-3-2-8-25-16/h2-9H,10-11H2,1H3,(H,21,22,24). The Morgan fingerprint density at radius 1 is 1.07 bits per heavy atom. The minimum atomic E-state index is -0.178. The summed E-state index contributed by atoms with van der Waals surface area (Å²) in [5, 5.41) is 16.8. The van der Waals surface area contributed by atoms with Gasteiger partial charge in [0.1, 0.15) is 0 Å². The minimum absolute atomic E-state index is 0.178. The van der Waals surface area contributed by atoms with E-state index >= 15 is 0 Å². The molecule has 0 bridgehead atoms. The van der Waals surface area contributed by atoms with Gasteiger partial charge in [-0.2, -0.15) is 0 Å². The molecule has 10 heteroatoms. The first-order chi connectivity index (χ1) is 14.2. The first kappa shape index (κ1) is 20.5. The van der Waals surface area contributed by atoms with Gasteiger partial charge in [0, 0.05) is 32.2 Å². The summed E-state index contributed by atoms with van der Waals surface area (Å²) in [4.78, 5) is 19.3. The molecule has 29 heavy (non-hydrogen) atoms. The fourth-order valence-corrected chi connectivity index (χ4v) is 6.38. The highest BCUT2D eigenvalue weighted by atomic mass is 32.2. The van der Waals surface area contributed by atoms with Gasteiger partial charge in [0.25, 0.3) is 5.91 Å². The molecular weight excluding hydrogens is 461 g/mol. The second kappa shape index (κ2) is 9.86. The molecule has 1 N–H and O–H groups in total. The van der Waals surface area contributed by atoms with Crippen molar-refractivity contribution in [2.45, 2.75) is 27.7 Å². The predicted octanol–water partition coefficient (Wildman–Crippen LogP) is 6.20. The number of rotatable bonds is 8. The van der Waals surface area contributed by atoms with Crippen LogP contribution in [0, 0.1) is 6.92 Å². The van der Waals surface area contributed by atoms with Crippen molar-refractivity contribution in [1.29, 1.82) is 0 Å². The van der Waals surface area contributed by atoms with Gasteiger partial charge in [-0.25, -0.2) is 4.98 Å². The Bertz CT molecular complexity index is 1070. The van der Waals surface area contributed by atoms with Gasteiger partial charge in [-0.1, -0.05) is 29.2 Å². The van der Waals surface area contributed by atoms with Crippen molar-refractivity contribution < 1.29 is 4.79 Å². The number of anilines is 1. The zero-order valence-electron chi connectivity index (χ0n) is 15.3. The van der Waals surface area contributed by atoms with Crippen LogP contribution in [0.15, 0.2) is 56.4 Å². The van der Waals surface area contributed by atoms with Gasteiger partial charge >= 0.3 is 0 Å². The molecule has 5 nitrogen and oxygen atoms in total. The molecule has 0 saturated heterocycles. The summed E-state index contributed by atoms with van der Waals surface area (Å²) in [5.74, 6) is 1.51. The van der Waals surface area contributed by atoms with Gasteiger partial charge in [0.15, 0.2) is 4.34 Å². The van der Waals surface area contributed by atoms with E-state index in [0.29, 0.717) is 10.7 Å². The number of thiophene rings is 1. The van der Waals surface area contributed by atoms with Crippen molar-refractivity contribution in [1.82, 2.24) is 15.2 Å². The minimum Gasteiger partial charge on any atom is -0.296 e. The van der Waals surface area contributed by atoms with Crippen molar-refractivity contribution >= 4 is 68.6 Å². The molecule has 0 fully saturated rings. The summed E-state index contributed by atoms with van der Waals surface area (Å²) >= 11 is 8.11. The van der Waals surface area contributed by atoms with Gasteiger partial charge in [-0.15, -0.1) is 44.6 Å². The lowest BCUT2D eigenvalue weighted by Gasteiger charge is -2.03. The fraction of sp³-hybridized carbons (Fsp3) is 0.158. The summed E-state index contributed by atoms with van der Waals surface area (Å²) < 4.78 is 0.845. The molecular formula is C19H16N4OS5. The third-order valence-electron chi connectivity index (χ3n) is 3.71. The maximum absolute atomic E-state index is 12.5. The molecule has 0 aliphatic heterocycles. The molecule has 0 aliphatic rings. The Morgan fingerprint density at radius 2 is 1.93 bits per heavy atom. The van der Waals surface area contributed by atoms with Gasteiger partial charge in [0.05, 0.1) is 10.7 Å². The Morgan fingerprint density at radius 3 is 2.66 bits per heavy atom. The van der Waals surface area contributed by atoms with E-state index in [1.807, 2.05) is 37.3 Å². The number of nitrogens with one attached hydrogen (secondary N) is 1. The number of aryl methyl sites for hydroxylation is 1. The molecule has 0 radical (unpaired) electrons. The lowest BCUT2D eigenvalue weighted by atomic mass is 10.2. The summed E-state index contributed by atoms with van der Waals surface area (Å²) in [6, 6.07) is 11.7. The van der Waals surface area contributed by atoms with Crippen LogP contribution in [-0.2, 0) is 11.5 Å². The number of carbonyl (C=O) groups excluding carboxylic acids is 1. The molecule has 1 aromatic carbocycles. The third kappa shape index (κ3) is 5.89. The van der Waals surface area contributed by atoms with Gasteiger partial charge in [-0.05, 0) is 42.6 Å². The number of aromatic nitrogens is 3. The highest BCUT2D eigenvalue weighted by Crippen LogP contribution is 2.30. The number of carbonyl (C=O) groups is 1. The van der Waals surface area contributed by atoms with Crippen LogP contribution in [0.5, 0.6) is 0 Å². The third-order valence-corrected chi connectivity index (χ3v) is 8.66. The van der Waals surface area contributed by atoms with Crippen molar-refractivity contribution in [3.63, 3.8) is 0 Å². The van der Waals surface area contributed by atoms with Crippen LogP contribution in [-0.4, -0.2) is 21.1 Å². The molecule has 0 unspecified atom stereocenters. The number of hydrogen-bond acceptors (Lipinski definition) is 9. The van der Waals surface area contributed by atoms with E-state index in [4.69, 9.17) is 0 Å². The van der Waals surface area contributed by atoms with E-state index < -0.39 is 0 Å². The van der Waals surface area contributed by atoms with E-state index in [1.165, 1.54) is 16.2 Å². The first-order valence-electron chi connectivity index (χ1n) is 8.59. The second-order valence-corrected chi connectivity index (χ2v) is 11.2. The maximum Gasteiger partial charge on any atom is 0.257 e. The summed E-state index contributed by atoms with van der Waals surface area (Å²) in [6.45, 7) is 2.01. The maximum atomic E-state index is 12.5. The quantitative estimate of drug-likeness (QED) is 0.241. The monoisotopic (exact) mass is 476 g/mol. The highest BCUT2D eigenvalue weighted by Gasteiger charge is 2.11. The molecule has 0 saturated carbocycles. The van der Waals surface area contributed by atoms with Crippen LogP contribution in [0.3, 0.4) is 0 Å². The first-order valence-corrected chi connectivity index (χ1v) is 13.1. The van der Waals surface area contributed by atoms with Crippen LogP contribution < -0.4 is 5.32 Å². The SMILES string of the molecule is Cc1nc(CSc2ccc(C(=O)Nc3nnc(SCc4cccs4)s3)cc2)cs1. The topological polar surface area (TPSA) is 67.8 Å². The molecule has 3 aromatic heterocycles. The zero-order valence-corrected chi connectivity index (χ0v) is 19.4. The van der Waals surface area contributed by atoms with E-state index in [9.17, 15) is 4.79 Å². The number of hydrogen-bond donors (Lipinski definition) is 1. The normalized spacial score (nSPS) is 10.9. The predicted molar refractivity (Wildman–Crippen MR) is 125 cm³/mol. The highest BCUT2D eigenvalue weighted by molar-refractivity contribution is 8.00. The summed E-state index contributed by atoms with van der Waals surface area (Å²) in [7, 11) is 0. The average Bonchev–Trinajstić information content (AvgIpc) is 3.48. The Kier molecular flexibility index (Phi) is 6.98. The average molecular weight is 477 g/mol. The Hall–Kier alpha value is -1.72. The van der Waals surface area contributed by atoms with E-state index in [1.54, 1.807) is 46.2 Å². The largest absolute Gasteiger partial charge is 0.296 e. The smallest absolute Gasteiger partial charge is 0.257 e. The number of amides is 1. The number of thioether (sulfide) groups is 2. The molecule has 0 spiro atoms. The number of nitrogens with zero attached hydrogens (tertiary/aromatic N) is 3. The zero-order chi connectivity index (χ0) is 20.1. The molecule has 3 heterocycles. The van der Waals surface area contributed by atoms with E-state index in [0.717, 1.165) is 31.4 Å².